The third-order valence-electron chi connectivity index (χ3n) is 4.81. The van der Waals surface area contributed by atoms with E-state index in [1.807, 2.05) is 22.8 Å². The monoisotopic (exact) mass is 482 g/mol. The van der Waals surface area contributed by atoms with E-state index in [-0.39, 0.29) is 11.7 Å². The summed E-state index contributed by atoms with van der Waals surface area (Å²) in [4.78, 5) is 12.4. The highest BCUT2D eigenvalue weighted by atomic mass is 35.5. The van der Waals surface area contributed by atoms with Crippen molar-refractivity contribution < 1.29 is 4.79 Å². The third-order valence-corrected chi connectivity index (χ3v) is 6.22. The van der Waals surface area contributed by atoms with Gasteiger partial charge in [0.2, 0.25) is 5.91 Å². The average molecular weight is 483 g/mol. The first-order chi connectivity index (χ1) is 15.5. The van der Waals surface area contributed by atoms with E-state index < -0.39 is 0 Å². The molecule has 32 heavy (non-hydrogen) atoms. The molecule has 8 heteroatoms. The topological polar surface area (TPSA) is 59.8 Å². The lowest BCUT2D eigenvalue weighted by molar-refractivity contribution is -0.113. The van der Waals surface area contributed by atoms with Gasteiger partial charge in [-0.15, -0.1) is 16.8 Å². The summed E-state index contributed by atoms with van der Waals surface area (Å²) in [5, 5.41) is 15.5. The Morgan fingerprint density at radius 3 is 2.59 bits per heavy atom. The van der Waals surface area contributed by atoms with Crippen LogP contribution in [-0.2, 0) is 17.8 Å². The Morgan fingerprint density at radius 1 is 1.06 bits per heavy atom. The van der Waals surface area contributed by atoms with Crippen molar-refractivity contribution in [3.8, 4) is 0 Å². The quantitative estimate of drug-likeness (QED) is 0.238. The van der Waals surface area contributed by atoms with Crippen LogP contribution in [-0.4, -0.2) is 26.4 Å². The van der Waals surface area contributed by atoms with Crippen molar-refractivity contribution >= 4 is 57.3 Å². The Balaban J connectivity index is 1.49. The number of anilines is 1. The number of halogens is 2. The van der Waals surface area contributed by atoms with Crippen LogP contribution in [0.2, 0.25) is 10.0 Å². The summed E-state index contributed by atoms with van der Waals surface area (Å²) in [6.07, 6.45) is 2.43. The number of nitrogens with zero attached hydrogens (tertiary/aromatic N) is 3. The van der Waals surface area contributed by atoms with Gasteiger partial charge in [-0.2, -0.15) is 0 Å². The van der Waals surface area contributed by atoms with Crippen molar-refractivity contribution in [2.24, 2.45) is 0 Å². The molecule has 0 spiro atoms. The molecule has 4 rings (SSSR count). The smallest absolute Gasteiger partial charge is 0.234 e. The second kappa shape index (κ2) is 10.2. The fraction of sp³-hybridized carbons (Fsp3) is 0.125. The Kier molecular flexibility index (Phi) is 7.15. The van der Waals surface area contributed by atoms with Crippen LogP contribution in [0.5, 0.6) is 0 Å². The Bertz CT molecular complexity index is 1260. The van der Waals surface area contributed by atoms with Gasteiger partial charge in [0.05, 0.1) is 5.75 Å². The van der Waals surface area contributed by atoms with E-state index in [0.29, 0.717) is 33.9 Å². The molecule has 1 N–H and O–H groups in total. The summed E-state index contributed by atoms with van der Waals surface area (Å²) in [6.45, 7) is 4.41. The van der Waals surface area contributed by atoms with E-state index in [4.69, 9.17) is 23.2 Å². The van der Waals surface area contributed by atoms with Gasteiger partial charge in [-0.25, -0.2) is 0 Å². The van der Waals surface area contributed by atoms with Crippen molar-refractivity contribution in [1.82, 2.24) is 14.8 Å². The number of allylic oxidation sites excluding steroid dienone is 1. The van der Waals surface area contributed by atoms with Crippen molar-refractivity contribution in [2.45, 2.75) is 18.1 Å². The molecule has 0 saturated carbocycles. The minimum Gasteiger partial charge on any atom is -0.325 e. The lowest BCUT2D eigenvalue weighted by Crippen LogP contribution is -2.15. The van der Waals surface area contributed by atoms with E-state index in [0.717, 1.165) is 5.82 Å². The summed E-state index contributed by atoms with van der Waals surface area (Å²) >= 11 is 13.3. The second-order valence-electron chi connectivity index (χ2n) is 7.11. The molecule has 0 bridgehead atoms. The molecule has 0 atom stereocenters. The fourth-order valence-corrected chi connectivity index (χ4v) is 4.73. The van der Waals surface area contributed by atoms with E-state index in [1.54, 1.807) is 24.3 Å². The van der Waals surface area contributed by atoms with Gasteiger partial charge in [-0.3, -0.25) is 4.79 Å². The zero-order chi connectivity index (χ0) is 22.5. The number of carbonyl (C=O) groups is 1. The number of amides is 1. The fourth-order valence-electron chi connectivity index (χ4n) is 3.44. The lowest BCUT2D eigenvalue weighted by Gasteiger charge is -2.10. The first-order valence-electron chi connectivity index (χ1n) is 9.92. The number of hydrogen-bond donors (Lipinski definition) is 1. The van der Waals surface area contributed by atoms with E-state index in [2.05, 4.69) is 46.4 Å². The highest BCUT2D eigenvalue weighted by Gasteiger charge is 2.15. The van der Waals surface area contributed by atoms with Crippen LogP contribution >= 0.6 is 35.0 Å². The van der Waals surface area contributed by atoms with Crippen LogP contribution in [0.1, 0.15) is 11.4 Å². The number of fused-ring (bicyclic) bond motifs is 1. The van der Waals surface area contributed by atoms with Crippen molar-refractivity contribution in [3.63, 3.8) is 0 Å². The van der Waals surface area contributed by atoms with Gasteiger partial charge in [-0.05, 0) is 34.5 Å². The minimum absolute atomic E-state index is 0.174. The molecule has 1 amide bonds. The molecular weight excluding hydrogens is 463 g/mol. The molecule has 5 nitrogen and oxygen atoms in total. The van der Waals surface area contributed by atoms with Crippen LogP contribution in [0, 0.1) is 0 Å². The maximum Gasteiger partial charge on any atom is 0.234 e. The van der Waals surface area contributed by atoms with E-state index in [1.165, 1.54) is 28.1 Å². The van der Waals surface area contributed by atoms with Gasteiger partial charge in [0.1, 0.15) is 5.82 Å². The van der Waals surface area contributed by atoms with Gasteiger partial charge in [-0.1, -0.05) is 83.5 Å². The maximum absolute atomic E-state index is 12.4. The summed E-state index contributed by atoms with van der Waals surface area (Å²) in [5.74, 6) is 0.816. The Morgan fingerprint density at radius 2 is 1.81 bits per heavy atom. The minimum atomic E-state index is -0.183. The highest BCUT2D eigenvalue weighted by molar-refractivity contribution is 7.99. The number of thioether (sulfide) groups is 1. The van der Waals surface area contributed by atoms with Crippen LogP contribution < -0.4 is 5.32 Å². The number of nitrogens with one attached hydrogen (secondary N) is 1. The molecule has 0 aliphatic heterocycles. The zero-order valence-corrected chi connectivity index (χ0v) is 19.4. The Labute approximate surface area is 200 Å². The summed E-state index contributed by atoms with van der Waals surface area (Å²) < 4.78 is 1.99. The van der Waals surface area contributed by atoms with Gasteiger partial charge in [0.15, 0.2) is 5.16 Å². The third kappa shape index (κ3) is 5.33. The molecule has 4 aromatic rings. The number of hydrogen-bond acceptors (Lipinski definition) is 4. The standard InChI is InChI=1S/C24H20Cl2N4OS/c1-2-10-30-22(11-17-8-5-7-16-6-3-4-9-21(16)17)28-29-24(30)32-15-23(31)27-20-13-18(25)12-19(26)14-20/h2-9,12-14H,1,10-11,15H2,(H,27,31). The number of rotatable bonds is 8. The molecule has 0 fully saturated rings. The molecule has 1 aromatic heterocycles. The second-order valence-corrected chi connectivity index (χ2v) is 8.92. The van der Waals surface area contributed by atoms with Crippen LogP contribution in [0.15, 0.2) is 78.5 Å². The molecule has 0 aliphatic carbocycles. The van der Waals surface area contributed by atoms with E-state index >= 15 is 0 Å². The molecule has 0 unspecified atom stereocenters. The summed E-state index contributed by atoms with van der Waals surface area (Å²) in [7, 11) is 0. The number of benzene rings is 3. The molecule has 0 saturated heterocycles. The maximum atomic E-state index is 12.4. The molecule has 162 valence electrons. The molecule has 0 aliphatic rings. The van der Waals surface area contributed by atoms with Crippen LogP contribution in [0.3, 0.4) is 0 Å². The van der Waals surface area contributed by atoms with Gasteiger partial charge >= 0.3 is 0 Å². The summed E-state index contributed by atoms with van der Waals surface area (Å²) in [5.41, 5.74) is 1.73. The normalized spacial score (nSPS) is 10.9. The Hall–Kier alpha value is -2.80. The van der Waals surface area contributed by atoms with Gasteiger partial charge in [0.25, 0.3) is 0 Å². The molecular formula is C24H20Cl2N4OS. The van der Waals surface area contributed by atoms with Gasteiger partial charge in [0, 0.05) is 28.7 Å². The predicted octanol–water partition coefficient (Wildman–Crippen LogP) is 6.25. The number of aromatic nitrogens is 3. The van der Waals surface area contributed by atoms with Gasteiger partial charge < -0.3 is 9.88 Å². The molecule has 1 heterocycles. The first kappa shape index (κ1) is 22.4. The SMILES string of the molecule is C=CCn1c(Cc2cccc3ccccc23)nnc1SCC(=O)Nc1cc(Cl)cc(Cl)c1. The molecule has 0 radical (unpaired) electrons. The zero-order valence-electron chi connectivity index (χ0n) is 17.1. The molecule has 3 aromatic carbocycles. The van der Waals surface area contributed by atoms with Crippen molar-refractivity contribution in [3.05, 3.63) is 94.8 Å². The average Bonchev–Trinajstić information content (AvgIpc) is 3.13. The largest absolute Gasteiger partial charge is 0.325 e. The lowest BCUT2D eigenvalue weighted by atomic mass is 10.0. The van der Waals surface area contributed by atoms with Crippen molar-refractivity contribution in [1.29, 1.82) is 0 Å². The van der Waals surface area contributed by atoms with Crippen LogP contribution in [0.4, 0.5) is 5.69 Å². The van der Waals surface area contributed by atoms with E-state index in [9.17, 15) is 4.79 Å². The first-order valence-corrected chi connectivity index (χ1v) is 11.7. The highest BCUT2D eigenvalue weighted by Crippen LogP contribution is 2.25. The van der Waals surface area contributed by atoms with Crippen molar-refractivity contribution in [2.75, 3.05) is 11.1 Å². The number of carbonyl (C=O) groups excluding carboxylic acids is 1. The predicted molar refractivity (Wildman–Crippen MR) is 133 cm³/mol. The van der Waals surface area contributed by atoms with Crippen LogP contribution in [0.25, 0.3) is 10.8 Å². The summed E-state index contributed by atoms with van der Waals surface area (Å²) in [6, 6.07) is 19.4.